The molecular weight excluding hydrogens is 334 g/mol. The third-order valence-electron chi connectivity index (χ3n) is 4.23. The zero-order valence-electron chi connectivity index (χ0n) is 14.7. The number of anilines is 1. The largest absolute Gasteiger partial charge is 0.450 e. The zero-order chi connectivity index (χ0) is 18.4. The number of carbonyl (C=O) groups excluding carboxylic acids is 2. The number of piperidine rings is 1. The Kier molecular flexibility index (Phi) is 5.73. The third kappa shape index (κ3) is 4.53. The standard InChI is InChI=1S/C18H23N5O3/c1-2-26-18(25)22-11-7-14(8-12-22)20-17(24)21-15-5-3-6-16(13-15)23-10-4-9-19-23/h3-6,9-10,13-14H,2,7-8,11-12H2,1H3,(H2,20,21,24). The number of hydrogen-bond donors (Lipinski definition) is 2. The lowest BCUT2D eigenvalue weighted by molar-refractivity contribution is 0.0959. The molecule has 3 amide bonds. The summed E-state index contributed by atoms with van der Waals surface area (Å²) in [4.78, 5) is 25.6. The molecule has 0 saturated carbocycles. The summed E-state index contributed by atoms with van der Waals surface area (Å²) < 4.78 is 6.73. The van der Waals surface area contributed by atoms with Crippen LogP contribution in [0.1, 0.15) is 19.8 Å². The molecule has 2 aromatic rings. The lowest BCUT2D eigenvalue weighted by Gasteiger charge is -2.31. The van der Waals surface area contributed by atoms with Crippen molar-refractivity contribution >= 4 is 17.8 Å². The molecule has 0 unspecified atom stereocenters. The molecule has 0 radical (unpaired) electrons. The van der Waals surface area contributed by atoms with Crippen molar-refractivity contribution in [2.45, 2.75) is 25.8 Å². The van der Waals surface area contributed by atoms with Crippen LogP contribution < -0.4 is 10.6 Å². The van der Waals surface area contributed by atoms with Crippen molar-refractivity contribution < 1.29 is 14.3 Å². The van der Waals surface area contributed by atoms with Gasteiger partial charge in [0.1, 0.15) is 0 Å². The molecule has 1 aromatic carbocycles. The first-order valence-electron chi connectivity index (χ1n) is 8.75. The highest BCUT2D eigenvalue weighted by Gasteiger charge is 2.24. The number of amides is 3. The van der Waals surface area contributed by atoms with Crippen LogP contribution in [0.4, 0.5) is 15.3 Å². The quantitative estimate of drug-likeness (QED) is 0.880. The number of urea groups is 1. The number of ether oxygens (including phenoxy) is 1. The van der Waals surface area contributed by atoms with Crippen LogP contribution in [0.25, 0.3) is 5.69 Å². The minimum atomic E-state index is -0.286. The van der Waals surface area contributed by atoms with E-state index in [2.05, 4.69) is 15.7 Å². The SMILES string of the molecule is CCOC(=O)N1CCC(NC(=O)Nc2cccc(-n3cccn3)c2)CC1. The average Bonchev–Trinajstić information content (AvgIpc) is 3.17. The Balaban J connectivity index is 1.49. The maximum absolute atomic E-state index is 12.2. The molecule has 0 aliphatic carbocycles. The predicted molar refractivity (Wildman–Crippen MR) is 97.3 cm³/mol. The fourth-order valence-corrected chi connectivity index (χ4v) is 2.92. The summed E-state index contributed by atoms with van der Waals surface area (Å²) in [6, 6.07) is 9.10. The van der Waals surface area contributed by atoms with E-state index in [1.165, 1.54) is 0 Å². The normalized spacial score (nSPS) is 14.7. The van der Waals surface area contributed by atoms with E-state index in [0.29, 0.717) is 38.2 Å². The molecule has 1 aliphatic heterocycles. The molecule has 1 aromatic heterocycles. The van der Waals surface area contributed by atoms with Gasteiger partial charge < -0.3 is 20.3 Å². The van der Waals surface area contributed by atoms with E-state index >= 15 is 0 Å². The molecular formula is C18H23N5O3. The smallest absolute Gasteiger partial charge is 0.409 e. The van der Waals surface area contributed by atoms with Crippen LogP contribution in [0.5, 0.6) is 0 Å². The van der Waals surface area contributed by atoms with E-state index in [-0.39, 0.29) is 18.2 Å². The van der Waals surface area contributed by atoms with Crippen molar-refractivity contribution in [3.8, 4) is 5.69 Å². The molecule has 8 nitrogen and oxygen atoms in total. The van der Waals surface area contributed by atoms with Crippen molar-refractivity contribution in [1.82, 2.24) is 20.0 Å². The first-order chi connectivity index (χ1) is 12.7. The van der Waals surface area contributed by atoms with Crippen LogP contribution in [0, 0.1) is 0 Å². The van der Waals surface area contributed by atoms with Gasteiger partial charge >= 0.3 is 12.1 Å². The Labute approximate surface area is 152 Å². The summed E-state index contributed by atoms with van der Waals surface area (Å²) in [7, 11) is 0. The fourth-order valence-electron chi connectivity index (χ4n) is 2.92. The molecule has 1 aliphatic rings. The van der Waals surface area contributed by atoms with Crippen LogP contribution >= 0.6 is 0 Å². The molecule has 26 heavy (non-hydrogen) atoms. The number of carbonyl (C=O) groups is 2. The van der Waals surface area contributed by atoms with Crippen LogP contribution in [0.15, 0.2) is 42.7 Å². The first kappa shape index (κ1) is 17.8. The number of rotatable bonds is 4. The summed E-state index contributed by atoms with van der Waals surface area (Å²) in [6.45, 7) is 3.33. The maximum Gasteiger partial charge on any atom is 0.409 e. The molecule has 1 fully saturated rings. The van der Waals surface area contributed by atoms with E-state index in [1.54, 1.807) is 22.7 Å². The van der Waals surface area contributed by atoms with Crippen molar-refractivity contribution in [3.63, 3.8) is 0 Å². The lowest BCUT2D eigenvalue weighted by Crippen LogP contribution is -2.47. The highest BCUT2D eigenvalue weighted by atomic mass is 16.6. The number of hydrogen-bond acceptors (Lipinski definition) is 4. The number of aromatic nitrogens is 2. The third-order valence-corrected chi connectivity index (χ3v) is 4.23. The van der Waals surface area contributed by atoms with E-state index in [0.717, 1.165) is 5.69 Å². The molecule has 0 bridgehead atoms. The highest BCUT2D eigenvalue weighted by molar-refractivity contribution is 5.89. The first-order valence-corrected chi connectivity index (χ1v) is 8.75. The molecule has 3 rings (SSSR count). The monoisotopic (exact) mass is 357 g/mol. The summed E-state index contributed by atoms with van der Waals surface area (Å²) in [5, 5.41) is 9.99. The summed E-state index contributed by atoms with van der Waals surface area (Å²) >= 11 is 0. The van der Waals surface area contributed by atoms with Gasteiger partial charge in [-0.3, -0.25) is 0 Å². The van der Waals surface area contributed by atoms with Crippen LogP contribution in [-0.2, 0) is 4.74 Å². The van der Waals surface area contributed by atoms with Gasteiger partial charge in [0.05, 0.1) is 12.3 Å². The van der Waals surface area contributed by atoms with Gasteiger partial charge in [0.15, 0.2) is 0 Å². The van der Waals surface area contributed by atoms with Crippen molar-refractivity contribution in [3.05, 3.63) is 42.7 Å². The summed E-state index contributed by atoms with van der Waals surface area (Å²) in [5.74, 6) is 0. The average molecular weight is 357 g/mol. The van der Waals surface area contributed by atoms with Crippen molar-refractivity contribution in [1.29, 1.82) is 0 Å². The van der Waals surface area contributed by atoms with Gasteiger partial charge in [-0.05, 0) is 44.0 Å². The van der Waals surface area contributed by atoms with Gasteiger partial charge in [0.2, 0.25) is 0 Å². The van der Waals surface area contributed by atoms with E-state index in [1.807, 2.05) is 36.5 Å². The van der Waals surface area contributed by atoms with Crippen LogP contribution in [0.2, 0.25) is 0 Å². The van der Waals surface area contributed by atoms with Gasteiger partial charge in [0, 0.05) is 37.2 Å². The highest BCUT2D eigenvalue weighted by Crippen LogP contribution is 2.15. The molecule has 2 N–H and O–H groups in total. The Morgan fingerprint density at radius 2 is 2.08 bits per heavy atom. The topological polar surface area (TPSA) is 88.5 Å². The van der Waals surface area contributed by atoms with E-state index < -0.39 is 0 Å². The molecule has 1 saturated heterocycles. The fraction of sp³-hybridized carbons (Fsp3) is 0.389. The van der Waals surface area contributed by atoms with Crippen LogP contribution in [-0.4, -0.2) is 52.5 Å². The van der Waals surface area contributed by atoms with Gasteiger partial charge in [-0.1, -0.05) is 6.07 Å². The van der Waals surface area contributed by atoms with Gasteiger partial charge in [-0.15, -0.1) is 0 Å². The van der Waals surface area contributed by atoms with Crippen molar-refractivity contribution in [2.75, 3.05) is 25.0 Å². The maximum atomic E-state index is 12.2. The second-order valence-electron chi connectivity index (χ2n) is 6.06. The van der Waals surface area contributed by atoms with Crippen LogP contribution in [0.3, 0.4) is 0 Å². The lowest BCUT2D eigenvalue weighted by atomic mass is 10.1. The molecule has 8 heteroatoms. The molecule has 2 heterocycles. The number of likely N-dealkylation sites (tertiary alicyclic amines) is 1. The minimum absolute atomic E-state index is 0.0370. The Morgan fingerprint density at radius 3 is 2.77 bits per heavy atom. The Hall–Kier alpha value is -3.03. The van der Waals surface area contributed by atoms with Gasteiger partial charge in [-0.2, -0.15) is 5.10 Å². The molecule has 0 atom stereocenters. The second kappa shape index (κ2) is 8.37. The van der Waals surface area contributed by atoms with E-state index in [9.17, 15) is 9.59 Å². The van der Waals surface area contributed by atoms with E-state index in [4.69, 9.17) is 4.74 Å². The van der Waals surface area contributed by atoms with Gasteiger partial charge in [-0.25, -0.2) is 14.3 Å². The number of benzene rings is 1. The summed E-state index contributed by atoms with van der Waals surface area (Å²) in [6.07, 6.45) is 4.68. The molecule has 138 valence electrons. The predicted octanol–water partition coefficient (Wildman–Crippen LogP) is 2.61. The Morgan fingerprint density at radius 1 is 1.27 bits per heavy atom. The number of nitrogens with one attached hydrogen (secondary N) is 2. The van der Waals surface area contributed by atoms with Gasteiger partial charge in [0.25, 0.3) is 0 Å². The Bertz CT molecular complexity index is 739. The summed E-state index contributed by atoms with van der Waals surface area (Å²) in [5.41, 5.74) is 1.56. The number of nitrogens with zero attached hydrogens (tertiary/aromatic N) is 3. The van der Waals surface area contributed by atoms with Crippen molar-refractivity contribution in [2.24, 2.45) is 0 Å². The minimum Gasteiger partial charge on any atom is -0.450 e. The second-order valence-corrected chi connectivity index (χ2v) is 6.06. The zero-order valence-corrected chi connectivity index (χ0v) is 14.7. The molecule has 0 spiro atoms.